The Balaban J connectivity index is 1.58. The van der Waals surface area contributed by atoms with Gasteiger partial charge in [-0.25, -0.2) is 22.2 Å². The van der Waals surface area contributed by atoms with Crippen LogP contribution in [0.5, 0.6) is 0 Å². The van der Waals surface area contributed by atoms with E-state index in [2.05, 4.69) is 10.3 Å². The predicted molar refractivity (Wildman–Crippen MR) is 129 cm³/mol. The minimum atomic E-state index is -3.71. The maximum Gasteiger partial charge on any atom is 0.333 e. The van der Waals surface area contributed by atoms with Gasteiger partial charge in [-0.15, -0.1) is 11.3 Å². The van der Waals surface area contributed by atoms with Crippen molar-refractivity contribution in [3.63, 3.8) is 0 Å². The summed E-state index contributed by atoms with van der Waals surface area (Å²) in [5.74, 6) is -1.72. The number of fused-ring (bicyclic) bond motifs is 1. The van der Waals surface area contributed by atoms with Crippen molar-refractivity contribution in [2.75, 3.05) is 18.1 Å². The third-order valence-electron chi connectivity index (χ3n) is 5.22. The van der Waals surface area contributed by atoms with Crippen LogP contribution in [0.1, 0.15) is 10.4 Å². The molecule has 0 bridgehead atoms. The van der Waals surface area contributed by atoms with Crippen molar-refractivity contribution in [3.05, 3.63) is 85.6 Å². The summed E-state index contributed by atoms with van der Waals surface area (Å²) < 4.78 is 40.0. The Labute approximate surface area is 197 Å². The van der Waals surface area contributed by atoms with Crippen LogP contribution in [-0.2, 0) is 21.1 Å². The summed E-state index contributed by atoms with van der Waals surface area (Å²) >= 11 is 1.12. The molecule has 0 fully saturated rings. The van der Waals surface area contributed by atoms with Gasteiger partial charge in [0.25, 0.3) is 5.56 Å². The fraction of sp³-hybridized carbons (Fsp3) is 0.174. The number of anilines is 1. The number of nitrogens with one attached hydrogen (secondary N) is 2. The van der Waals surface area contributed by atoms with Gasteiger partial charge in [0, 0.05) is 18.3 Å². The van der Waals surface area contributed by atoms with Crippen molar-refractivity contribution in [3.8, 4) is 5.69 Å². The average Bonchev–Trinajstić information content (AvgIpc) is 3.22. The van der Waals surface area contributed by atoms with Gasteiger partial charge in [0.2, 0.25) is 0 Å². The molecule has 2 aromatic heterocycles. The van der Waals surface area contributed by atoms with Gasteiger partial charge < -0.3 is 10.3 Å². The molecule has 0 unspecified atom stereocenters. The molecular formula is C23H20FN3O5S2. The standard InChI is InChI=1S/C23H20FN3O5S2/c1-13-3-8-21(33-13)34(31,32)12-16(28)9-14-4-6-15(7-5-14)27-22(29)17-10-18(24)20(25-2)11-19(17)26-23(27)30/h3-8,10-11,25H,9,12H2,1-2H3,(H,26,30). The predicted octanol–water partition coefficient (Wildman–Crippen LogP) is 2.82. The molecule has 0 radical (unpaired) electrons. The smallest absolute Gasteiger partial charge is 0.333 e. The SMILES string of the molecule is CNc1cc2[nH]c(=O)n(-c3ccc(CC(=O)CS(=O)(=O)c4ccc(C)s4)cc3)c(=O)c2cc1F. The fourth-order valence-corrected chi connectivity index (χ4v) is 6.18. The topological polar surface area (TPSA) is 118 Å². The van der Waals surface area contributed by atoms with Crippen molar-refractivity contribution in [1.29, 1.82) is 0 Å². The summed E-state index contributed by atoms with van der Waals surface area (Å²) in [6.45, 7) is 1.79. The molecule has 4 rings (SSSR count). The largest absolute Gasteiger partial charge is 0.386 e. The minimum absolute atomic E-state index is 0.00405. The van der Waals surface area contributed by atoms with Crippen LogP contribution >= 0.6 is 11.3 Å². The number of hydrogen-bond acceptors (Lipinski definition) is 7. The summed E-state index contributed by atoms with van der Waals surface area (Å²) in [4.78, 5) is 41.2. The van der Waals surface area contributed by atoms with Gasteiger partial charge in [0.05, 0.1) is 22.3 Å². The monoisotopic (exact) mass is 501 g/mol. The molecule has 8 nitrogen and oxygen atoms in total. The van der Waals surface area contributed by atoms with E-state index in [1.54, 1.807) is 13.0 Å². The zero-order valence-corrected chi connectivity index (χ0v) is 19.8. The molecule has 0 amide bonds. The number of aromatic amines is 1. The Morgan fingerprint density at radius 2 is 1.82 bits per heavy atom. The van der Waals surface area contributed by atoms with Gasteiger partial charge in [-0.3, -0.25) is 9.59 Å². The number of H-pyrrole nitrogens is 1. The quantitative estimate of drug-likeness (QED) is 0.402. The maximum atomic E-state index is 14.2. The highest BCUT2D eigenvalue weighted by Crippen LogP contribution is 2.22. The third-order valence-corrected chi connectivity index (χ3v) is 8.48. The van der Waals surface area contributed by atoms with Crippen molar-refractivity contribution in [2.24, 2.45) is 0 Å². The Morgan fingerprint density at radius 3 is 2.44 bits per heavy atom. The number of thiophene rings is 1. The van der Waals surface area contributed by atoms with Gasteiger partial charge in [0.15, 0.2) is 15.6 Å². The van der Waals surface area contributed by atoms with Crippen LogP contribution in [0.4, 0.5) is 10.1 Å². The van der Waals surface area contributed by atoms with E-state index in [9.17, 15) is 27.2 Å². The first kappa shape index (κ1) is 23.6. The third kappa shape index (κ3) is 4.57. The van der Waals surface area contributed by atoms with Crippen LogP contribution in [0.2, 0.25) is 0 Å². The molecule has 11 heteroatoms. The molecule has 0 saturated carbocycles. The van der Waals surface area contributed by atoms with E-state index in [0.29, 0.717) is 5.56 Å². The number of Topliss-reactive ketones (excluding diaryl/α,β-unsaturated/α-hetero) is 1. The Morgan fingerprint density at radius 1 is 1.12 bits per heavy atom. The van der Waals surface area contributed by atoms with Gasteiger partial charge in [0.1, 0.15) is 15.8 Å². The van der Waals surface area contributed by atoms with Crippen LogP contribution in [0.3, 0.4) is 0 Å². The summed E-state index contributed by atoms with van der Waals surface area (Å²) in [6, 6.07) is 11.6. The Hall–Kier alpha value is -3.57. The van der Waals surface area contributed by atoms with Gasteiger partial charge >= 0.3 is 5.69 Å². The van der Waals surface area contributed by atoms with Crippen molar-refractivity contribution >= 4 is 43.5 Å². The second kappa shape index (κ2) is 8.99. The maximum absolute atomic E-state index is 14.2. The number of rotatable bonds is 7. The summed E-state index contributed by atoms with van der Waals surface area (Å²) in [5.41, 5.74) is -0.300. The lowest BCUT2D eigenvalue weighted by atomic mass is 10.1. The molecule has 176 valence electrons. The first-order valence-corrected chi connectivity index (χ1v) is 12.6. The van der Waals surface area contributed by atoms with Crippen molar-refractivity contribution < 1.29 is 17.6 Å². The average molecular weight is 502 g/mol. The molecule has 0 spiro atoms. The summed E-state index contributed by atoms with van der Waals surface area (Å²) in [6.07, 6.45) is -0.120. The second-order valence-corrected chi connectivity index (χ2v) is 11.2. The number of hydrogen-bond donors (Lipinski definition) is 2. The fourth-order valence-electron chi connectivity index (χ4n) is 3.57. The van der Waals surface area contributed by atoms with E-state index in [-0.39, 0.29) is 32.9 Å². The Bertz CT molecular complexity index is 1630. The van der Waals surface area contributed by atoms with E-state index in [1.807, 2.05) is 0 Å². The number of aryl methyl sites for hydroxylation is 1. The highest BCUT2D eigenvalue weighted by molar-refractivity contribution is 7.94. The van der Waals surface area contributed by atoms with Crippen LogP contribution in [-0.4, -0.2) is 36.6 Å². The lowest BCUT2D eigenvalue weighted by molar-refractivity contribution is -0.116. The molecule has 2 aromatic carbocycles. The zero-order chi connectivity index (χ0) is 24.6. The first-order chi connectivity index (χ1) is 16.1. The molecule has 0 aliphatic heterocycles. The summed E-state index contributed by atoms with van der Waals surface area (Å²) in [7, 11) is -2.19. The molecule has 4 aromatic rings. The molecule has 0 aliphatic carbocycles. The number of halogens is 1. The van der Waals surface area contributed by atoms with Crippen molar-refractivity contribution in [2.45, 2.75) is 17.6 Å². The number of sulfone groups is 1. The number of aromatic nitrogens is 2. The summed E-state index contributed by atoms with van der Waals surface area (Å²) in [5, 5.41) is 2.65. The number of benzene rings is 2. The van der Waals surface area contributed by atoms with Gasteiger partial charge in [-0.1, -0.05) is 12.1 Å². The first-order valence-electron chi connectivity index (χ1n) is 10.2. The molecule has 0 atom stereocenters. The lowest BCUT2D eigenvalue weighted by Crippen LogP contribution is -2.33. The van der Waals surface area contributed by atoms with Gasteiger partial charge in [-0.2, -0.15) is 0 Å². The number of carbonyl (C=O) groups excluding carboxylic acids is 1. The van der Waals surface area contributed by atoms with E-state index >= 15 is 0 Å². The van der Waals surface area contributed by atoms with E-state index < -0.39 is 38.4 Å². The van der Waals surface area contributed by atoms with E-state index in [1.165, 1.54) is 43.4 Å². The molecule has 0 aliphatic rings. The van der Waals surface area contributed by atoms with Crippen LogP contribution in [0.15, 0.2) is 62.3 Å². The molecule has 0 saturated heterocycles. The molecule has 34 heavy (non-hydrogen) atoms. The molecular weight excluding hydrogens is 481 g/mol. The number of ketones is 1. The van der Waals surface area contributed by atoms with Crippen LogP contribution < -0.4 is 16.6 Å². The van der Waals surface area contributed by atoms with Crippen molar-refractivity contribution in [1.82, 2.24) is 9.55 Å². The molecule has 2 N–H and O–H groups in total. The van der Waals surface area contributed by atoms with Crippen LogP contribution in [0, 0.1) is 12.7 Å². The Kier molecular flexibility index (Phi) is 6.24. The zero-order valence-electron chi connectivity index (χ0n) is 18.2. The van der Waals surface area contributed by atoms with E-state index in [4.69, 9.17) is 0 Å². The second-order valence-electron chi connectivity index (χ2n) is 7.70. The molecule has 2 heterocycles. The minimum Gasteiger partial charge on any atom is -0.386 e. The number of nitrogens with zero attached hydrogens (tertiary/aromatic N) is 1. The normalized spacial score (nSPS) is 11.6. The van der Waals surface area contributed by atoms with E-state index in [0.717, 1.165) is 26.8 Å². The van der Waals surface area contributed by atoms with Crippen LogP contribution in [0.25, 0.3) is 16.6 Å². The van der Waals surface area contributed by atoms with Gasteiger partial charge in [-0.05, 0) is 48.9 Å². The lowest BCUT2D eigenvalue weighted by Gasteiger charge is -2.09. The number of carbonyl (C=O) groups is 1. The highest BCUT2D eigenvalue weighted by Gasteiger charge is 2.21. The highest BCUT2D eigenvalue weighted by atomic mass is 32.2.